The number of aliphatic imine (C=N–C) groups is 1. The fourth-order valence-electron chi connectivity index (χ4n) is 7.03. The number of hydrogen-bond acceptors (Lipinski definition) is 10. The lowest BCUT2D eigenvalue weighted by atomic mass is 9.80. The maximum Gasteiger partial charge on any atom is 0.280 e. The van der Waals surface area contributed by atoms with Crippen LogP contribution in [0, 0.1) is 0 Å². The maximum absolute atomic E-state index is 13.0. The highest BCUT2D eigenvalue weighted by molar-refractivity contribution is 6.74. The fourth-order valence-corrected chi connectivity index (χ4v) is 8.32. The number of rotatable bonds is 13. The number of methoxy groups -OCH3 is 2. The van der Waals surface area contributed by atoms with Crippen molar-refractivity contribution in [2.24, 2.45) is 4.99 Å². The Morgan fingerprint density at radius 3 is 1.98 bits per heavy atom. The van der Waals surface area contributed by atoms with E-state index in [2.05, 4.69) is 60.9 Å². The SMILES string of the molecule is COc1ccc(C(OC[C@H]2O[C@@H](n3cnc4c(=O)[nH]c(N)nc43)[C@H](O[Si](C)(C)C(C)(C)C)[C@@H]2/N=C/c2ccccc2)(c2ccccc2)c2ccc(OC)cc2)cc1. The first-order valence-corrected chi connectivity index (χ1v) is 21.9. The number of imidazole rings is 1. The molecule has 4 atom stereocenters. The highest BCUT2D eigenvalue weighted by Gasteiger charge is 2.52. The summed E-state index contributed by atoms with van der Waals surface area (Å²) in [4.78, 5) is 29.7. The molecule has 0 saturated carbocycles. The summed E-state index contributed by atoms with van der Waals surface area (Å²) in [5.74, 6) is 1.41. The van der Waals surface area contributed by atoms with Crippen molar-refractivity contribution in [3.05, 3.63) is 148 Å². The number of aromatic nitrogens is 4. The predicted octanol–water partition coefficient (Wildman–Crippen LogP) is 7.50. The quantitative estimate of drug-likeness (QED) is 0.0690. The molecule has 1 saturated heterocycles. The number of benzene rings is 4. The zero-order valence-electron chi connectivity index (χ0n) is 33.4. The number of ether oxygens (including phenoxy) is 4. The first kappa shape index (κ1) is 39.6. The van der Waals surface area contributed by atoms with E-state index in [-0.39, 0.29) is 28.8 Å². The molecule has 4 aromatic carbocycles. The minimum atomic E-state index is -2.49. The van der Waals surface area contributed by atoms with E-state index in [1.54, 1.807) is 25.1 Å². The molecule has 0 unspecified atom stereocenters. The standard InChI is InChI=1S/C44H50N6O6Si/c1-43(2,3)57(6,7)56-38-36(46-26-29-14-10-8-11-15-29)35(55-41(38)50-28-47-37-39(50)48-42(45)49-40(37)51)27-54-44(30-16-12-9-13-17-30,31-18-22-33(52-4)23-19-31)32-20-24-34(53-5)25-21-32/h8-26,28,35-36,38,41H,27H2,1-7H3,(H3,45,48,49,51)/b46-26+/t35-,36-,38-,41-/m1/s1. The minimum Gasteiger partial charge on any atom is -0.497 e. The van der Waals surface area contributed by atoms with Crippen molar-refractivity contribution in [1.82, 2.24) is 19.5 Å². The van der Waals surface area contributed by atoms with E-state index in [0.717, 1.165) is 33.8 Å². The normalized spacial score (nSPS) is 19.0. The average molecular weight is 787 g/mol. The number of nitrogens with two attached hydrogens (primary N) is 1. The van der Waals surface area contributed by atoms with Gasteiger partial charge in [-0.25, -0.2) is 4.98 Å². The molecule has 1 fully saturated rings. The Bertz CT molecular complexity index is 2310. The van der Waals surface area contributed by atoms with Crippen LogP contribution in [0.15, 0.2) is 125 Å². The molecule has 57 heavy (non-hydrogen) atoms. The van der Waals surface area contributed by atoms with Crippen molar-refractivity contribution >= 4 is 31.6 Å². The zero-order chi connectivity index (χ0) is 40.4. The first-order valence-electron chi connectivity index (χ1n) is 19.0. The van der Waals surface area contributed by atoms with Crippen molar-refractivity contribution in [3.63, 3.8) is 0 Å². The predicted molar refractivity (Wildman–Crippen MR) is 225 cm³/mol. The molecule has 7 rings (SSSR count). The Balaban J connectivity index is 1.39. The largest absolute Gasteiger partial charge is 0.497 e. The van der Waals surface area contributed by atoms with Gasteiger partial charge in [0.15, 0.2) is 25.7 Å². The summed E-state index contributed by atoms with van der Waals surface area (Å²) in [7, 11) is 0.802. The Hall–Kier alpha value is -5.60. The number of H-pyrrole nitrogens is 1. The number of nitrogens with zero attached hydrogens (tertiary/aromatic N) is 4. The van der Waals surface area contributed by atoms with Gasteiger partial charge in [-0.05, 0) is 64.7 Å². The van der Waals surface area contributed by atoms with Gasteiger partial charge in [0.05, 0.1) is 27.2 Å². The van der Waals surface area contributed by atoms with E-state index in [0.29, 0.717) is 0 Å². The van der Waals surface area contributed by atoms with Crippen molar-refractivity contribution in [1.29, 1.82) is 0 Å². The lowest BCUT2D eigenvalue weighted by Gasteiger charge is -2.40. The van der Waals surface area contributed by atoms with Crippen molar-refractivity contribution in [2.45, 2.75) is 69.0 Å². The third-order valence-corrected chi connectivity index (χ3v) is 15.6. The van der Waals surface area contributed by atoms with Crippen LogP contribution in [0.25, 0.3) is 11.2 Å². The lowest BCUT2D eigenvalue weighted by molar-refractivity contribution is -0.0850. The molecular formula is C44H50N6O6Si. The number of anilines is 1. The second-order valence-corrected chi connectivity index (χ2v) is 20.4. The smallest absolute Gasteiger partial charge is 0.280 e. The van der Waals surface area contributed by atoms with E-state index in [1.165, 1.54) is 0 Å². The van der Waals surface area contributed by atoms with Crippen molar-refractivity contribution in [2.75, 3.05) is 26.6 Å². The molecule has 12 nitrogen and oxygen atoms in total. The van der Waals surface area contributed by atoms with Crippen LogP contribution in [0.4, 0.5) is 5.95 Å². The van der Waals surface area contributed by atoms with Crippen LogP contribution in [0.1, 0.15) is 49.3 Å². The van der Waals surface area contributed by atoms with Crippen LogP contribution >= 0.6 is 0 Å². The van der Waals surface area contributed by atoms with Gasteiger partial charge in [0.25, 0.3) is 5.56 Å². The molecular weight excluding hydrogens is 737 g/mol. The van der Waals surface area contributed by atoms with Gasteiger partial charge in [0, 0.05) is 6.21 Å². The van der Waals surface area contributed by atoms with Gasteiger partial charge < -0.3 is 29.1 Å². The first-order chi connectivity index (χ1) is 27.3. The molecule has 2 aromatic heterocycles. The van der Waals surface area contributed by atoms with Crippen LogP contribution in [0.3, 0.4) is 0 Å². The molecule has 1 aliphatic rings. The number of fused-ring (bicyclic) bond motifs is 1. The molecule has 0 radical (unpaired) electrons. The summed E-state index contributed by atoms with van der Waals surface area (Å²) < 4.78 is 34.7. The number of hydrogen-bond donors (Lipinski definition) is 2. The van der Waals surface area contributed by atoms with E-state index in [1.807, 2.05) is 103 Å². The summed E-state index contributed by atoms with van der Waals surface area (Å²) in [6.07, 6.45) is 1.34. The Kier molecular flexibility index (Phi) is 11.2. The van der Waals surface area contributed by atoms with Gasteiger partial charge >= 0.3 is 0 Å². The topological polar surface area (TPSA) is 148 Å². The van der Waals surface area contributed by atoms with Gasteiger partial charge in [-0.2, -0.15) is 4.98 Å². The van der Waals surface area contributed by atoms with Crippen molar-refractivity contribution < 1.29 is 23.4 Å². The van der Waals surface area contributed by atoms with Gasteiger partial charge in [-0.15, -0.1) is 0 Å². The molecule has 3 heterocycles. The van der Waals surface area contributed by atoms with E-state index < -0.39 is 44.0 Å². The second-order valence-electron chi connectivity index (χ2n) is 15.7. The van der Waals surface area contributed by atoms with Crippen LogP contribution < -0.4 is 20.8 Å². The van der Waals surface area contributed by atoms with Crippen LogP contribution in [0.2, 0.25) is 18.1 Å². The summed E-state index contributed by atoms with van der Waals surface area (Å²) in [6.45, 7) is 11.1. The molecule has 296 valence electrons. The Morgan fingerprint density at radius 2 is 1.42 bits per heavy atom. The molecule has 0 bridgehead atoms. The van der Waals surface area contributed by atoms with Gasteiger partial charge in [0.1, 0.15) is 35.3 Å². The zero-order valence-corrected chi connectivity index (χ0v) is 34.4. The van der Waals surface area contributed by atoms with Crippen LogP contribution in [-0.2, 0) is 19.5 Å². The van der Waals surface area contributed by atoms with E-state index in [9.17, 15) is 4.79 Å². The minimum absolute atomic E-state index is 0.0285. The lowest BCUT2D eigenvalue weighted by Crippen LogP contribution is -2.48. The molecule has 3 N–H and O–H groups in total. The van der Waals surface area contributed by atoms with Crippen LogP contribution in [-0.4, -0.2) is 73.1 Å². The van der Waals surface area contributed by atoms with Crippen molar-refractivity contribution in [3.8, 4) is 11.5 Å². The number of aromatic amines is 1. The molecule has 0 amide bonds. The number of nitrogens with one attached hydrogen (secondary N) is 1. The third-order valence-electron chi connectivity index (χ3n) is 11.1. The monoisotopic (exact) mass is 786 g/mol. The van der Waals surface area contributed by atoms with Gasteiger partial charge in [0.2, 0.25) is 5.95 Å². The fraction of sp³-hybridized carbons (Fsp3) is 0.318. The molecule has 6 aromatic rings. The van der Waals surface area contributed by atoms with Gasteiger partial charge in [-0.3, -0.25) is 19.3 Å². The Morgan fingerprint density at radius 1 is 0.860 bits per heavy atom. The highest BCUT2D eigenvalue weighted by Crippen LogP contribution is 2.46. The number of nitrogen functional groups attached to an aromatic ring is 1. The highest BCUT2D eigenvalue weighted by atomic mass is 28.4. The summed E-state index contributed by atoms with van der Waals surface area (Å²) in [5, 5.41) is -0.151. The average Bonchev–Trinajstić information content (AvgIpc) is 3.78. The molecule has 13 heteroatoms. The molecule has 1 aliphatic heterocycles. The summed E-state index contributed by atoms with van der Waals surface area (Å²) in [5.41, 5.74) is 8.55. The summed E-state index contributed by atoms with van der Waals surface area (Å²) in [6, 6.07) is 35.3. The molecule has 0 spiro atoms. The summed E-state index contributed by atoms with van der Waals surface area (Å²) >= 11 is 0. The van der Waals surface area contributed by atoms with Gasteiger partial charge in [-0.1, -0.05) is 106 Å². The van der Waals surface area contributed by atoms with E-state index in [4.69, 9.17) is 34.1 Å². The van der Waals surface area contributed by atoms with Crippen LogP contribution in [0.5, 0.6) is 11.5 Å². The Labute approximate surface area is 333 Å². The van der Waals surface area contributed by atoms with E-state index >= 15 is 0 Å². The third kappa shape index (κ3) is 7.88. The molecule has 0 aliphatic carbocycles. The second kappa shape index (κ2) is 16.1. The maximum atomic E-state index is 13.0.